The Morgan fingerprint density at radius 2 is 1.95 bits per heavy atom. The van der Waals surface area contributed by atoms with Crippen LogP contribution in [0.15, 0.2) is 34.9 Å². The number of anilines is 1. The first kappa shape index (κ1) is 12.2. The molecule has 100 valence electrons. The van der Waals surface area contributed by atoms with E-state index in [9.17, 15) is 0 Å². The highest BCUT2D eigenvalue weighted by Gasteiger charge is 2.19. The van der Waals surface area contributed by atoms with Crippen LogP contribution in [0.25, 0.3) is 0 Å². The monoisotopic (exact) mass is 257 g/mol. The Kier molecular flexibility index (Phi) is 3.49. The molecule has 0 radical (unpaired) electrons. The van der Waals surface area contributed by atoms with Gasteiger partial charge >= 0.3 is 0 Å². The molecule has 19 heavy (non-hydrogen) atoms. The van der Waals surface area contributed by atoms with Crippen LogP contribution in [0.5, 0.6) is 0 Å². The zero-order valence-electron chi connectivity index (χ0n) is 11.2. The van der Waals surface area contributed by atoms with Crippen molar-refractivity contribution in [1.82, 2.24) is 10.1 Å². The largest absolute Gasteiger partial charge is 0.338 e. The van der Waals surface area contributed by atoms with Gasteiger partial charge in [0.2, 0.25) is 5.89 Å². The highest BCUT2D eigenvalue weighted by Crippen LogP contribution is 2.21. The average Bonchev–Trinajstić information content (AvgIpc) is 3.10. The molecule has 4 heteroatoms. The van der Waals surface area contributed by atoms with Crippen LogP contribution in [-0.2, 0) is 6.42 Å². The van der Waals surface area contributed by atoms with Crippen molar-refractivity contribution < 1.29 is 4.52 Å². The lowest BCUT2D eigenvalue weighted by molar-refractivity contribution is 0.371. The zero-order chi connectivity index (χ0) is 13.1. The summed E-state index contributed by atoms with van der Waals surface area (Å²) in [6.45, 7) is 4.29. The molecule has 1 aliphatic heterocycles. The Hall–Kier alpha value is -1.84. The number of rotatable bonds is 4. The van der Waals surface area contributed by atoms with Gasteiger partial charge in [0.25, 0.3) is 5.95 Å². The zero-order valence-corrected chi connectivity index (χ0v) is 11.2. The van der Waals surface area contributed by atoms with E-state index >= 15 is 0 Å². The topological polar surface area (TPSA) is 42.2 Å². The molecule has 1 aromatic carbocycles. The molecule has 1 unspecified atom stereocenters. The molecular formula is C15H19N3O. The number of hydrogen-bond donors (Lipinski definition) is 0. The van der Waals surface area contributed by atoms with E-state index in [1.807, 2.05) is 6.07 Å². The first-order chi connectivity index (χ1) is 9.33. The van der Waals surface area contributed by atoms with E-state index in [1.165, 1.54) is 18.4 Å². The fourth-order valence-electron chi connectivity index (χ4n) is 2.54. The molecule has 0 bridgehead atoms. The van der Waals surface area contributed by atoms with E-state index in [-0.39, 0.29) is 0 Å². The lowest BCUT2D eigenvalue weighted by atomic mass is 9.98. The first-order valence-electron chi connectivity index (χ1n) is 6.95. The van der Waals surface area contributed by atoms with Gasteiger partial charge in [-0.2, -0.15) is 4.98 Å². The molecule has 3 rings (SSSR count). The van der Waals surface area contributed by atoms with Gasteiger partial charge < -0.3 is 9.42 Å². The average molecular weight is 257 g/mol. The molecule has 4 nitrogen and oxygen atoms in total. The summed E-state index contributed by atoms with van der Waals surface area (Å²) in [5, 5.41) is 4.08. The molecule has 0 N–H and O–H groups in total. The number of nitrogens with zero attached hydrogens (tertiary/aromatic N) is 3. The molecule has 2 aromatic rings. The predicted octanol–water partition coefficient (Wildman–Crippen LogP) is 3.02. The minimum absolute atomic E-state index is 0.396. The standard InChI is InChI=1S/C15H19N3O/c1-12(13-7-3-2-4-8-13)11-14-16-15(17-19-14)18-9-5-6-10-18/h2-4,7-8,12H,5-6,9-11H2,1H3. The molecule has 1 fully saturated rings. The van der Waals surface area contributed by atoms with Gasteiger partial charge in [0.1, 0.15) is 0 Å². The number of aromatic nitrogens is 2. The number of hydrogen-bond acceptors (Lipinski definition) is 4. The summed E-state index contributed by atoms with van der Waals surface area (Å²) in [6.07, 6.45) is 3.25. The maximum atomic E-state index is 5.37. The second-order valence-electron chi connectivity index (χ2n) is 5.20. The van der Waals surface area contributed by atoms with Crippen molar-refractivity contribution in [3.8, 4) is 0 Å². The molecular weight excluding hydrogens is 238 g/mol. The maximum Gasteiger partial charge on any atom is 0.266 e. The Balaban J connectivity index is 1.66. The number of benzene rings is 1. The second kappa shape index (κ2) is 5.43. The van der Waals surface area contributed by atoms with Crippen LogP contribution in [0.3, 0.4) is 0 Å². The Morgan fingerprint density at radius 1 is 1.21 bits per heavy atom. The van der Waals surface area contributed by atoms with Gasteiger partial charge in [0.05, 0.1) is 0 Å². The molecule has 0 spiro atoms. The summed E-state index contributed by atoms with van der Waals surface area (Å²) in [6, 6.07) is 10.4. The summed E-state index contributed by atoms with van der Waals surface area (Å²) in [7, 11) is 0. The van der Waals surface area contributed by atoms with Crippen LogP contribution < -0.4 is 4.90 Å². The van der Waals surface area contributed by atoms with Crippen molar-refractivity contribution in [3.05, 3.63) is 41.8 Å². The van der Waals surface area contributed by atoms with Gasteiger partial charge in [-0.25, -0.2) is 0 Å². The van der Waals surface area contributed by atoms with Crippen molar-refractivity contribution in [3.63, 3.8) is 0 Å². The van der Waals surface area contributed by atoms with Crippen molar-refractivity contribution in [1.29, 1.82) is 0 Å². The van der Waals surface area contributed by atoms with Crippen molar-refractivity contribution >= 4 is 5.95 Å². The fraction of sp³-hybridized carbons (Fsp3) is 0.467. The van der Waals surface area contributed by atoms with Crippen molar-refractivity contribution in [2.45, 2.75) is 32.1 Å². The predicted molar refractivity (Wildman–Crippen MR) is 74.3 cm³/mol. The molecule has 2 heterocycles. The third-order valence-electron chi connectivity index (χ3n) is 3.70. The van der Waals surface area contributed by atoms with Crippen LogP contribution in [0, 0.1) is 0 Å². The van der Waals surface area contributed by atoms with E-state index in [0.29, 0.717) is 5.92 Å². The SMILES string of the molecule is CC(Cc1nc(N2CCCC2)no1)c1ccccc1. The fourth-order valence-corrected chi connectivity index (χ4v) is 2.54. The summed E-state index contributed by atoms with van der Waals surface area (Å²) in [5.74, 6) is 1.89. The quantitative estimate of drug-likeness (QED) is 0.844. The molecule has 1 atom stereocenters. The Bertz CT molecular complexity index is 517. The second-order valence-corrected chi connectivity index (χ2v) is 5.20. The van der Waals surface area contributed by atoms with Crippen molar-refractivity contribution in [2.75, 3.05) is 18.0 Å². The third kappa shape index (κ3) is 2.78. The minimum Gasteiger partial charge on any atom is -0.338 e. The van der Waals surface area contributed by atoms with Crippen LogP contribution in [0.4, 0.5) is 5.95 Å². The minimum atomic E-state index is 0.396. The third-order valence-corrected chi connectivity index (χ3v) is 3.70. The van der Waals surface area contributed by atoms with E-state index in [1.54, 1.807) is 0 Å². The first-order valence-corrected chi connectivity index (χ1v) is 6.95. The van der Waals surface area contributed by atoms with E-state index in [4.69, 9.17) is 4.52 Å². The van der Waals surface area contributed by atoms with E-state index in [2.05, 4.69) is 46.2 Å². The van der Waals surface area contributed by atoms with Crippen LogP contribution in [-0.4, -0.2) is 23.2 Å². The molecule has 1 aromatic heterocycles. The highest BCUT2D eigenvalue weighted by atomic mass is 16.5. The van der Waals surface area contributed by atoms with E-state index in [0.717, 1.165) is 31.3 Å². The highest BCUT2D eigenvalue weighted by molar-refractivity contribution is 5.29. The van der Waals surface area contributed by atoms with Gasteiger partial charge in [0, 0.05) is 19.5 Å². The Labute approximate surface area is 113 Å². The van der Waals surface area contributed by atoms with Gasteiger partial charge in [-0.1, -0.05) is 37.3 Å². The van der Waals surface area contributed by atoms with Crippen molar-refractivity contribution in [2.24, 2.45) is 0 Å². The lowest BCUT2D eigenvalue weighted by Crippen LogP contribution is -2.18. The van der Waals surface area contributed by atoms with Crippen LogP contribution in [0.2, 0.25) is 0 Å². The molecule has 0 saturated carbocycles. The van der Waals surface area contributed by atoms with Crippen LogP contribution >= 0.6 is 0 Å². The molecule has 0 aliphatic carbocycles. The Morgan fingerprint density at radius 3 is 2.68 bits per heavy atom. The maximum absolute atomic E-state index is 5.37. The van der Waals surface area contributed by atoms with Gasteiger partial charge in [-0.05, 0) is 29.5 Å². The summed E-state index contributed by atoms with van der Waals surface area (Å²) < 4.78 is 5.37. The van der Waals surface area contributed by atoms with Gasteiger partial charge in [-0.15, -0.1) is 0 Å². The molecule has 1 saturated heterocycles. The lowest BCUT2D eigenvalue weighted by Gasteiger charge is -2.10. The molecule has 0 amide bonds. The van der Waals surface area contributed by atoms with Crippen LogP contribution in [0.1, 0.15) is 37.1 Å². The smallest absolute Gasteiger partial charge is 0.266 e. The summed E-state index contributed by atoms with van der Waals surface area (Å²) in [4.78, 5) is 6.70. The summed E-state index contributed by atoms with van der Waals surface area (Å²) >= 11 is 0. The van der Waals surface area contributed by atoms with E-state index < -0.39 is 0 Å². The van der Waals surface area contributed by atoms with Gasteiger partial charge in [-0.3, -0.25) is 0 Å². The summed E-state index contributed by atoms with van der Waals surface area (Å²) in [5.41, 5.74) is 1.31. The van der Waals surface area contributed by atoms with Gasteiger partial charge in [0.15, 0.2) is 0 Å². The normalized spacial score (nSPS) is 16.8. The molecule has 1 aliphatic rings.